The van der Waals surface area contributed by atoms with E-state index >= 15 is 0 Å². The van der Waals surface area contributed by atoms with Gasteiger partial charge in [-0.15, -0.1) is 0 Å². The SMILES string of the molecule is CC(C)c1cccc(NC(=O)C(C)n2cccn2)c1. The van der Waals surface area contributed by atoms with E-state index in [0.29, 0.717) is 5.92 Å². The van der Waals surface area contributed by atoms with Gasteiger partial charge in [0.15, 0.2) is 0 Å². The summed E-state index contributed by atoms with van der Waals surface area (Å²) in [7, 11) is 0. The molecular weight excluding hydrogens is 238 g/mol. The lowest BCUT2D eigenvalue weighted by atomic mass is 10.0. The monoisotopic (exact) mass is 257 g/mol. The number of aromatic nitrogens is 2. The molecule has 4 nitrogen and oxygen atoms in total. The number of anilines is 1. The number of carbonyl (C=O) groups excluding carboxylic acids is 1. The highest BCUT2D eigenvalue weighted by Crippen LogP contribution is 2.19. The minimum absolute atomic E-state index is 0.0652. The second-order valence-electron chi connectivity index (χ2n) is 4.93. The third-order valence-electron chi connectivity index (χ3n) is 3.12. The first-order chi connectivity index (χ1) is 9.08. The van der Waals surface area contributed by atoms with E-state index in [2.05, 4.69) is 30.3 Å². The van der Waals surface area contributed by atoms with E-state index in [4.69, 9.17) is 0 Å². The predicted octanol–water partition coefficient (Wildman–Crippen LogP) is 3.21. The molecule has 100 valence electrons. The molecule has 0 aliphatic heterocycles. The number of nitrogens with one attached hydrogen (secondary N) is 1. The van der Waals surface area contributed by atoms with Gasteiger partial charge in [-0.2, -0.15) is 5.10 Å². The van der Waals surface area contributed by atoms with Crippen LogP contribution in [0.4, 0.5) is 5.69 Å². The van der Waals surface area contributed by atoms with Gasteiger partial charge in [-0.3, -0.25) is 9.48 Å². The van der Waals surface area contributed by atoms with Gasteiger partial charge in [0.25, 0.3) is 0 Å². The molecule has 1 heterocycles. The van der Waals surface area contributed by atoms with E-state index < -0.39 is 0 Å². The van der Waals surface area contributed by atoms with Crippen LogP contribution in [0.25, 0.3) is 0 Å². The normalized spacial score (nSPS) is 12.4. The van der Waals surface area contributed by atoms with Gasteiger partial charge < -0.3 is 5.32 Å². The van der Waals surface area contributed by atoms with Gasteiger partial charge in [-0.1, -0.05) is 26.0 Å². The first kappa shape index (κ1) is 13.3. The highest BCUT2D eigenvalue weighted by Gasteiger charge is 2.15. The highest BCUT2D eigenvalue weighted by atomic mass is 16.2. The first-order valence-corrected chi connectivity index (χ1v) is 6.48. The van der Waals surface area contributed by atoms with Gasteiger partial charge in [0.1, 0.15) is 6.04 Å². The molecule has 0 saturated heterocycles. The largest absolute Gasteiger partial charge is 0.324 e. The molecule has 1 amide bonds. The van der Waals surface area contributed by atoms with Crippen molar-refractivity contribution in [1.82, 2.24) is 9.78 Å². The number of nitrogens with zero attached hydrogens (tertiary/aromatic N) is 2. The average Bonchev–Trinajstić information content (AvgIpc) is 2.92. The molecule has 1 N–H and O–H groups in total. The zero-order valence-corrected chi connectivity index (χ0v) is 11.5. The lowest BCUT2D eigenvalue weighted by molar-refractivity contribution is -0.119. The summed E-state index contributed by atoms with van der Waals surface area (Å²) in [5.41, 5.74) is 2.04. The van der Waals surface area contributed by atoms with Gasteiger partial charge in [0.2, 0.25) is 5.91 Å². The van der Waals surface area contributed by atoms with E-state index in [1.165, 1.54) is 5.56 Å². The molecule has 0 spiro atoms. The number of hydrogen-bond donors (Lipinski definition) is 1. The van der Waals surface area contributed by atoms with Crippen molar-refractivity contribution in [2.45, 2.75) is 32.7 Å². The van der Waals surface area contributed by atoms with Crippen LogP contribution in [0.15, 0.2) is 42.7 Å². The molecule has 0 radical (unpaired) electrons. The third kappa shape index (κ3) is 3.22. The Morgan fingerprint density at radius 2 is 2.05 bits per heavy atom. The van der Waals surface area contributed by atoms with E-state index in [-0.39, 0.29) is 11.9 Å². The van der Waals surface area contributed by atoms with Crippen LogP contribution in [0.2, 0.25) is 0 Å². The van der Waals surface area contributed by atoms with Crippen molar-refractivity contribution >= 4 is 11.6 Å². The van der Waals surface area contributed by atoms with E-state index in [0.717, 1.165) is 5.69 Å². The number of hydrogen-bond acceptors (Lipinski definition) is 2. The molecule has 4 heteroatoms. The van der Waals surface area contributed by atoms with Gasteiger partial charge in [-0.05, 0) is 36.6 Å². The fourth-order valence-corrected chi connectivity index (χ4v) is 1.85. The van der Waals surface area contributed by atoms with Crippen LogP contribution in [0.3, 0.4) is 0 Å². The summed E-state index contributed by atoms with van der Waals surface area (Å²) >= 11 is 0. The van der Waals surface area contributed by atoms with Gasteiger partial charge in [0.05, 0.1) is 0 Å². The van der Waals surface area contributed by atoms with E-state index in [9.17, 15) is 4.79 Å². The summed E-state index contributed by atoms with van der Waals surface area (Å²) in [5.74, 6) is 0.380. The molecule has 1 aromatic carbocycles. The molecule has 1 atom stereocenters. The number of amides is 1. The number of benzene rings is 1. The Balaban J connectivity index is 2.08. The number of carbonyl (C=O) groups is 1. The minimum atomic E-state index is -0.322. The Bertz CT molecular complexity index is 546. The zero-order valence-electron chi connectivity index (χ0n) is 11.5. The summed E-state index contributed by atoms with van der Waals surface area (Å²) in [6.07, 6.45) is 3.46. The maximum atomic E-state index is 12.1. The molecule has 1 aromatic heterocycles. The summed E-state index contributed by atoms with van der Waals surface area (Å²) in [4.78, 5) is 12.1. The summed E-state index contributed by atoms with van der Waals surface area (Å²) in [5, 5.41) is 7.01. The molecule has 0 aliphatic carbocycles. The van der Waals surface area contributed by atoms with Crippen LogP contribution in [0, 0.1) is 0 Å². The number of rotatable bonds is 4. The van der Waals surface area contributed by atoms with E-state index in [1.54, 1.807) is 17.1 Å². The molecule has 0 aliphatic rings. The predicted molar refractivity (Wildman–Crippen MR) is 76.1 cm³/mol. The third-order valence-corrected chi connectivity index (χ3v) is 3.12. The molecule has 1 unspecified atom stereocenters. The smallest absolute Gasteiger partial charge is 0.248 e. The minimum Gasteiger partial charge on any atom is -0.324 e. The fourth-order valence-electron chi connectivity index (χ4n) is 1.85. The van der Waals surface area contributed by atoms with Gasteiger partial charge in [-0.25, -0.2) is 0 Å². The van der Waals surface area contributed by atoms with E-state index in [1.807, 2.05) is 31.2 Å². The quantitative estimate of drug-likeness (QED) is 0.914. The Labute approximate surface area is 113 Å². The Morgan fingerprint density at radius 3 is 2.68 bits per heavy atom. The maximum Gasteiger partial charge on any atom is 0.248 e. The van der Waals surface area contributed by atoms with Crippen molar-refractivity contribution in [2.24, 2.45) is 0 Å². The van der Waals surface area contributed by atoms with Crippen LogP contribution in [-0.4, -0.2) is 15.7 Å². The van der Waals surface area contributed by atoms with Crippen molar-refractivity contribution < 1.29 is 4.79 Å². The van der Waals surface area contributed by atoms with Crippen molar-refractivity contribution in [1.29, 1.82) is 0 Å². The molecule has 0 saturated carbocycles. The topological polar surface area (TPSA) is 46.9 Å². The lowest BCUT2D eigenvalue weighted by Gasteiger charge is -2.14. The van der Waals surface area contributed by atoms with Crippen LogP contribution in [-0.2, 0) is 4.79 Å². The van der Waals surface area contributed by atoms with Crippen LogP contribution >= 0.6 is 0 Å². The Kier molecular flexibility index (Phi) is 4.00. The summed E-state index contributed by atoms with van der Waals surface area (Å²) in [6, 6.07) is 9.43. The van der Waals surface area contributed by atoms with Crippen molar-refractivity contribution in [3.63, 3.8) is 0 Å². The fraction of sp³-hybridized carbons (Fsp3) is 0.333. The molecule has 19 heavy (non-hydrogen) atoms. The summed E-state index contributed by atoms with van der Waals surface area (Å²) < 4.78 is 1.64. The van der Waals surface area contributed by atoms with Crippen molar-refractivity contribution in [3.05, 3.63) is 48.3 Å². The molecule has 2 rings (SSSR count). The summed E-state index contributed by atoms with van der Waals surface area (Å²) in [6.45, 7) is 6.09. The standard InChI is InChI=1S/C15H19N3O/c1-11(2)13-6-4-7-14(10-13)17-15(19)12(3)18-9-5-8-16-18/h4-12H,1-3H3,(H,17,19). The first-order valence-electron chi connectivity index (χ1n) is 6.48. The lowest BCUT2D eigenvalue weighted by Crippen LogP contribution is -2.24. The van der Waals surface area contributed by atoms with Gasteiger partial charge in [0, 0.05) is 18.1 Å². The molecule has 0 bridgehead atoms. The second kappa shape index (κ2) is 5.69. The molecule has 2 aromatic rings. The van der Waals surface area contributed by atoms with Crippen molar-refractivity contribution in [2.75, 3.05) is 5.32 Å². The average molecular weight is 257 g/mol. The molecule has 0 fully saturated rings. The second-order valence-corrected chi connectivity index (χ2v) is 4.93. The zero-order chi connectivity index (χ0) is 13.8. The highest BCUT2D eigenvalue weighted by molar-refractivity contribution is 5.93. The van der Waals surface area contributed by atoms with Crippen LogP contribution < -0.4 is 5.32 Å². The molecular formula is C15H19N3O. The Morgan fingerprint density at radius 1 is 1.26 bits per heavy atom. The maximum absolute atomic E-state index is 12.1. The van der Waals surface area contributed by atoms with Crippen LogP contribution in [0.1, 0.15) is 38.3 Å². The van der Waals surface area contributed by atoms with Crippen LogP contribution in [0.5, 0.6) is 0 Å². The Hall–Kier alpha value is -2.10. The van der Waals surface area contributed by atoms with Crippen molar-refractivity contribution in [3.8, 4) is 0 Å². The van der Waals surface area contributed by atoms with Gasteiger partial charge >= 0.3 is 0 Å².